The van der Waals surface area contributed by atoms with Gasteiger partial charge in [0.15, 0.2) is 0 Å². The first-order valence-corrected chi connectivity index (χ1v) is 25.0. The standard InChI is InChI=1S/C48H71Br2N9O7/c1-11-29(4)44(58(8)42(61)27-52-48(64)43(28(2)3)57(6)7)40(65-9)23-41(60)59-20-12-13-39(59)45(66-10)30(5)46(62)54-34(26-51)21-31-14-17-33(18-15-31)53-47(63)32-16-19-35-36(22-32)56-38(25-50)37(24-49)55-35/h14-19,22,28-30,34,39-40,43-45H,11-13,20-21,23-27,51H2,1-10H3,(H,52,64)(H,53,63)(H,54,62). The van der Waals surface area contributed by atoms with Crippen molar-refractivity contribution in [2.75, 3.05) is 60.3 Å². The Bertz CT molecular complexity index is 2100. The molecule has 1 aliphatic rings. The highest BCUT2D eigenvalue weighted by Gasteiger charge is 2.42. The highest BCUT2D eigenvalue weighted by Crippen LogP contribution is 2.30. The van der Waals surface area contributed by atoms with Gasteiger partial charge in [-0.1, -0.05) is 85.0 Å². The Morgan fingerprint density at radius 1 is 0.909 bits per heavy atom. The summed E-state index contributed by atoms with van der Waals surface area (Å²) in [5, 5.41) is 10.00. The summed E-state index contributed by atoms with van der Waals surface area (Å²) in [6.07, 6.45) is 1.39. The van der Waals surface area contributed by atoms with Gasteiger partial charge in [-0.3, -0.25) is 28.9 Å². The molecular formula is C48H71Br2N9O7. The molecule has 1 saturated heterocycles. The Kier molecular flexibility index (Phi) is 21.4. The summed E-state index contributed by atoms with van der Waals surface area (Å²) in [7, 11) is 8.48. The van der Waals surface area contributed by atoms with Crippen LogP contribution >= 0.6 is 31.9 Å². The number of nitrogens with zero attached hydrogens (tertiary/aromatic N) is 5. The zero-order valence-corrected chi connectivity index (χ0v) is 43.4. The van der Waals surface area contributed by atoms with Crippen LogP contribution in [0.2, 0.25) is 0 Å². The van der Waals surface area contributed by atoms with E-state index in [1.807, 2.05) is 71.0 Å². The summed E-state index contributed by atoms with van der Waals surface area (Å²) >= 11 is 6.92. The van der Waals surface area contributed by atoms with E-state index in [1.54, 1.807) is 56.2 Å². The molecule has 5 amide bonds. The van der Waals surface area contributed by atoms with Gasteiger partial charge in [0.1, 0.15) is 0 Å². The quantitative estimate of drug-likeness (QED) is 0.0852. The molecule has 8 atom stereocenters. The number of ether oxygens (including phenoxy) is 2. The minimum Gasteiger partial charge on any atom is -0.379 e. The molecule has 1 aliphatic heterocycles. The van der Waals surface area contributed by atoms with Gasteiger partial charge < -0.3 is 41.0 Å². The van der Waals surface area contributed by atoms with Crippen molar-refractivity contribution in [1.82, 2.24) is 35.3 Å². The number of carbonyl (C=O) groups excluding carboxylic acids is 5. The minimum atomic E-state index is -0.624. The molecule has 0 radical (unpaired) electrons. The Labute approximate surface area is 407 Å². The van der Waals surface area contributed by atoms with Crippen LogP contribution in [0.5, 0.6) is 0 Å². The normalized spacial score (nSPS) is 17.2. The van der Waals surface area contributed by atoms with Gasteiger partial charge in [-0.2, -0.15) is 0 Å². The van der Waals surface area contributed by atoms with Gasteiger partial charge in [0.05, 0.1) is 71.6 Å². The predicted octanol–water partition coefficient (Wildman–Crippen LogP) is 5.28. The molecule has 0 saturated carbocycles. The number of nitrogens with two attached hydrogens (primary N) is 1. The molecule has 0 bridgehead atoms. The number of hydrogen-bond acceptors (Lipinski definition) is 11. The second-order valence-electron chi connectivity index (χ2n) is 17.9. The second-order valence-corrected chi connectivity index (χ2v) is 19.0. The van der Waals surface area contributed by atoms with Gasteiger partial charge in [0, 0.05) is 62.3 Å². The van der Waals surface area contributed by atoms with Crippen molar-refractivity contribution in [2.45, 2.75) is 114 Å². The Morgan fingerprint density at radius 3 is 2.12 bits per heavy atom. The van der Waals surface area contributed by atoms with E-state index in [9.17, 15) is 24.0 Å². The van der Waals surface area contributed by atoms with E-state index in [0.29, 0.717) is 52.3 Å². The van der Waals surface area contributed by atoms with Gasteiger partial charge in [0.2, 0.25) is 23.6 Å². The summed E-state index contributed by atoms with van der Waals surface area (Å²) < 4.78 is 12.0. The number of methoxy groups -OCH3 is 2. The number of fused-ring (bicyclic) bond motifs is 1. The SMILES string of the molecule is CCC(C)C(C(CC(=O)N1CCCC1C(OC)C(C)C(=O)NC(CN)Cc1ccc(NC(=O)c2ccc3nc(CBr)c(CBr)nc3c2)cc1)OC)N(C)C(=O)CNC(=O)C(C(C)C)N(C)C. The van der Waals surface area contributed by atoms with E-state index >= 15 is 0 Å². The first-order chi connectivity index (χ1) is 31.4. The number of aromatic nitrogens is 2. The molecular weight excluding hydrogens is 974 g/mol. The van der Waals surface area contributed by atoms with Crippen LogP contribution in [-0.2, 0) is 45.7 Å². The highest BCUT2D eigenvalue weighted by atomic mass is 79.9. The third kappa shape index (κ3) is 14.0. The fraction of sp³-hybridized carbons (Fsp3) is 0.604. The summed E-state index contributed by atoms with van der Waals surface area (Å²) in [6.45, 7) is 10.3. The van der Waals surface area contributed by atoms with Crippen LogP contribution in [0, 0.1) is 17.8 Å². The number of likely N-dealkylation sites (tertiary alicyclic amines) is 1. The molecule has 1 aromatic heterocycles. The van der Waals surface area contributed by atoms with E-state index in [4.69, 9.17) is 15.2 Å². The average Bonchev–Trinajstić information content (AvgIpc) is 3.79. The summed E-state index contributed by atoms with van der Waals surface area (Å²) in [5.74, 6) is -1.74. The maximum absolute atomic E-state index is 14.2. The predicted molar refractivity (Wildman–Crippen MR) is 265 cm³/mol. The van der Waals surface area contributed by atoms with Gasteiger partial charge >= 0.3 is 0 Å². The molecule has 5 N–H and O–H groups in total. The van der Waals surface area contributed by atoms with E-state index in [0.717, 1.165) is 29.8 Å². The second kappa shape index (κ2) is 25.9. The van der Waals surface area contributed by atoms with Crippen molar-refractivity contribution in [3.63, 3.8) is 0 Å². The molecule has 2 aromatic carbocycles. The van der Waals surface area contributed by atoms with Gasteiger partial charge in [-0.05, 0) is 81.1 Å². The van der Waals surface area contributed by atoms with E-state index in [2.05, 4.69) is 57.8 Å². The lowest BCUT2D eigenvalue weighted by molar-refractivity contribution is -0.146. The zero-order chi connectivity index (χ0) is 48.8. The van der Waals surface area contributed by atoms with E-state index in [-0.39, 0.29) is 79.0 Å². The van der Waals surface area contributed by atoms with Crippen LogP contribution in [-0.4, -0.2) is 146 Å². The number of carbonyl (C=O) groups is 5. The van der Waals surface area contributed by atoms with Crippen molar-refractivity contribution < 1.29 is 33.4 Å². The monoisotopic (exact) mass is 1040 g/mol. The molecule has 3 aromatic rings. The number of amides is 5. The lowest BCUT2D eigenvalue weighted by Crippen LogP contribution is -2.55. The summed E-state index contributed by atoms with van der Waals surface area (Å²) in [6, 6.07) is 11.1. The summed E-state index contributed by atoms with van der Waals surface area (Å²) in [5.41, 5.74) is 11.2. The maximum Gasteiger partial charge on any atom is 0.255 e. The molecule has 66 heavy (non-hydrogen) atoms. The average molecular weight is 1050 g/mol. The Hall–Kier alpha value is -4.07. The first-order valence-electron chi connectivity index (χ1n) is 22.8. The van der Waals surface area contributed by atoms with Crippen LogP contribution in [0.1, 0.15) is 87.6 Å². The number of benzene rings is 2. The lowest BCUT2D eigenvalue weighted by atomic mass is 9.90. The zero-order valence-electron chi connectivity index (χ0n) is 40.2. The molecule has 16 nitrogen and oxygen atoms in total. The van der Waals surface area contributed by atoms with Crippen LogP contribution in [0.25, 0.3) is 11.0 Å². The van der Waals surface area contributed by atoms with Crippen molar-refractivity contribution in [3.8, 4) is 0 Å². The number of anilines is 1. The van der Waals surface area contributed by atoms with Crippen LogP contribution < -0.4 is 21.7 Å². The molecule has 4 rings (SSSR count). The topological polar surface area (TPSA) is 201 Å². The van der Waals surface area contributed by atoms with Crippen molar-refractivity contribution in [1.29, 1.82) is 0 Å². The molecule has 2 heterocycles. The number of rotatable bonds is 24. The van der Waals surface area contributed by atoms with E-state index in [1.165, 1.54) is 0 Å². The van der Waals surface area contributed by atoms with Crippen LogP contribution in [0.4, 0.5) is 5.69 Å². The van der Waals surface area contributed by atoms with Gasteiger partial charge in [-0.25, -0.2) is 9.97 Å². The third-order valence-corrected chi connectivity index (χ3v) is 13.9. The summed E-state index contributed by atoms with van der Waals surface area (Å²) in [4.78, 5) is 82.4. The smallest absolute Gasteiger partial charge is 0.255 e. The van der Waals surface area contributed by atoms with Crippen LogP contribution in [0.15, 0.2) is 42.5 Å². The fourth-order valence-corrected chi connectivity index (χ4v) is 9.97. The largest absolute Gasteiger partial charge is 0.379 e. The number of alkyl halides is 2. The highest BCUT2D eigenvalue weighted by molar-refractivity contribution is 9.09. The van der Waals surface area contributed by atoms with Crippen molar-refractivity contribution in [3.05, 3.63) is 65.0 Å². The molecule has 8 unspecified atom stereocenters. The maximum atomic E-state index is 14.2. The van der Waals surface area contributed by atoms with Crippen molar-refractivity contribution >= 4 is 78.1 Å². The Morgan fingerprint density at radius 2 is 1.56 bits per heavy atom. The molecule has 1 fully saturated rings. The molecule has 18 heteroatoms. The number of hydrogen-bond donors (Lipinski definition) is 4. The fourth-order valence-electron chi connectivity index (χ4n) is 9.07. The van der Waals surface area contributed by atoms with Gasteiger partial charge in [-0.15, -0.1) is 0 Å². The first kappa shape index (κ1) is 54.5. The number of nitrogens with one attached hydrogen (secondary N) is 3. The third-order valence-electron chi connectivity index (χ3n) is 12.8. The van der Waals surface area contributed by atoms with Crippen molar-refractivity contribution in [2.24, 2.45) is 23.5 Å². The van der Waals surface area contributed by atoms with E-state index < -0.39 is 24.2 Å². The number of likely N-dealkylation sites (N-methyl/N-ethyl adjacent to an activating group) is 2. The molecule has 364 valence electrons. The molecule has 0 aliphatic carbocycles. The molecule has 0 spiro atoms. The van der Waals surface area contributed by atoms with Gasteiger partial charge in [0.25, 0.3) is 5.91 Å². The lowest BCUT2D eigenvalue weighted by Gasteiger charge is -2.39. The minimum absolute atomic E-state index is 0.0184. The van der Waals surface area contributed by atoms with Crippen LogP contribution in [0.3, 0.4) is 0 Å². The Balaban J connectivity index is 1.36. The number of halogens is 2.